The highest BCUT2D eigenvalue weighted by molar-refractivity contribution is 5.43. The fraction of sp³-hybridized carbons (Fsp3) is 0.684. The van der Waals surface area contributed by atoms with Crippen LogP contribution in [0.2, 0.25) is 0 Å². The molecule has 1 saturated heterocycles. The molecule has 1 spiro atoms. The summed E-state index contributed by atoms with van der Waals surface area (Å²) in [4.78, 5) is 0. The Morgan fingerprint density at radius 3 is 2.38 bits per heavy atom. The third-order valence-corrected chi connectivity index (χ3v) is 5.56. The highest BCUT2D eigenvalue weighted by Gasteiger charge is 2.45. The van der Waals surface area contributed by atoms with Crippen molar-refractivity contribution in [1.82, 2.24) is 5.32 Å². The van der Waals surface area contributed by atoms with Gasteiger partial charge in [-0.25, -0.2) is 0 Å². The summed E-state index contributed by atoms with van der Waals surface area (Å²) >= 11 is 0. The van der Waals surface area contributed by atoms with Crippen LogP contribution < -0.4 is 10.1 Å². The maximum atomic E-state index is 5.63. The molecular weight excluding hydrogens is 258 g/mol. The monoisotopic (exact) mass is 287 g/mol. The van der Waals surface area contributed by atoms with E-state index in [4.69, 9.17) is 4.74 Å². The number of rotatable bonds is 2. The van der Waals surface area contributed by atoms with Crippen molar-refractivity contribution < 1.29 is 4.74 Å². The van der Waals surface area contributed by atoms with E-state index in [1.54, 1.807) is 7.11 Å². The Hall–Kier alpha value is -1.02. The first kappa shape index (κ1) is 14.9. The van der Waals surface area contributed by atoms with Crippen molar-refractivity contribution in [2.24, 2.45) is 5.41 Å². The van der Waals surface area contributed by atoms with E-state index in [2.05, 4.69) is 44.3 Å². The topological polar surface area (TPSA) is 21.3 Å². The molecule has 2 heteroatoms. The minimum absolute atomic E-state index is 0.206. The van der Waals surface area contributed by atoms with Crippen LogP contribution in [0, 0.1) is 5.41 Å². The zero-order valence-electron chi connectivity index (χ0n) is 14.0. The SMILES string of the molecule is COc1ccc(C(C)(C)C)cc1C1CC2(CCNCC2)C1. The Morgan fingerprint density at radius 1 is 1.14 bits per heavy atom. The molecule has 0 bridgehead atoms. The molecule has 1 aromatic rings. The van der Waals surface area contributed by atoms with Gasteiger partial charge in [-0.2, -0.15) is 0 Å². The van der Waals surface area contributed by atoms with Crippen LogP contribution >= 0.6 is 0 Å². The summed E-state index contributed by atoms with van der Waals surface area (Å²) in [6, 6.07) is 6.79. The Balaban J connectivity index is 1.81. The van der Waals surface area contributed by atoms with Crippen LogP contribution in [0.1, 0.15) is 63.5 Å². The van der Waals surface area contributed by atoms with E-state index >= 15 is 0 Å². The molecule has 0 amide bonds. The fourth-order valence-electron chi connectivity index (χ4n) is 4.09. The Kier molecular flexibility index (Phi) is 3.77. The van der Waals surface area contributed by atoms with Gasteiger partial charge >= 0.3 is 0 Å². The maximum absolute atomic E-state index is 5.63. The van der Waals surface area contributed by atoms with Crippen LogP contribution in [0.4, 0.5) is 0 Å². The molecule has 116 valence electrons. The van der Waals surface area contributed by atoms with Crippen molar-refractivity contribution in [3.8, 4) is 5.75 Å². The molecule has 21 heavy (non-hydrogen) atoms. The van der Waals surface area contributed by atoms with E-state index < -0.39 is 0 Å². The number of piperidine rings is 1. The van der Waals surface area contributed by atoms with Crippen molar-refractivity contribution in [3.05, 3.63) is 29.3 Å². The van der Waals surface area contributed by atoms with Gasteiger partial charge in [-0.1, -0.05) is 32.9 Å². The Bertz CT molecular complexity index is 501. The molecule has 0 unspecified atom stereocenters. The van der Waals surface area contributed by atoms with Crippen molar-refractivity contribution in [3.63, 3.8) is 0 Å². The van der Waals surface area contributed by atoms with Gasteiger partial charge in [0, 0.05) is 0 Å². The lowest BCUT2D eigenvalue weighted by molar-refractivity contribution is 0.0593. The first-order valence-electron chi connectivity index (χ1n) is 8.33. The molecule has 2 nitrogen and oxygen atoms in total. The molecule has 1 aromatic carbocycles. The number of hydrogen-bond donors (Lipinski definition) is 1. The van der Waals surface area contributed by atoms with Gasteiger partial charge < -0.3 is 10.1 Å². The van der Waals surface area contributed by atoms with Crippen molar-refractivity contribution >= 4 is 0 Å². The normalized spacial score (nSPS) is 22.1. The van der Waals surface area contributed by atoms with E-state index in [-0.39, 0.29) is 5.41 Å². The molecule has 0 radical (unpaired) electrons. The third-order valence-electron chi connectivity index (χ3n) is 5.56. The van der Waals surface area contributed by atoms with Crippen molar-refractivity contribution in [2.75, 3.05) is 20.2 Å². The lowest BCUT2D eigenvalue weighted by Crippen LogP contribution is -2.44. The maximum Gasteiger partial charge on any atom is 0.122 e. The Labute approximate surface area is 129 Å². The van der Waals surface area contributed by atoms with Crippen molar-refractivity contribution in [1.29, 1.82) is 0 Å². The standard InChI is InChI=1S/C19H29NO/c1-18(2,3)15-5-6-17(21-4)16(11-15)14-12-19(13-14)7-9-20-10-8-19/h5-6,11,14,20H,7-10,12-13H2,1-4H3. The summed E-state index contributed by atoms with van der Waals surface area (Å²) in [5.74, 6) is 1.78. The minimum Gasteiger partial charge on any atom is -0.496 e. The average molecular weight is 287 g/mol. The lowest BCUT2D eigenvalue weighted by Gasteiger charge is -2.51. The lowest BCUT2D eigenvalue weighted by atomic mass is 9.56. The number of nitrogens with one attached hydrogen (secondary N) is 1. The molecule has 1 saturated carbocycles. The van der Waals surface area contributed by atoms with Crippen LogP contribution in [0.15, 0.2) is 18.2 Å². The van der Waals surface area contributed by atoms with Gasteiger partial charge in [-0.05, 0) is 72.7 Å². The number of ether oxygens (including phenoxy) is 1. The average Bonchev–Trinajstić information content (AvgIpc) is 2.44. The second kappa shape index (κ2) is 5.31. The van der Waals surface area contributed by atoms with Gasteiger partial charge in [-0.15, -0.1) is 0 Å². The molecule has 3 rings (SSSR count). The number of hydrogen-bond acceptors (Lipinski definition) is 2. The summed E-state index contributed by atoms with van der Waals surface area (Å²) in [5, 5.41) is 3.49. The quantitative estimate of drug-likeness (QED) is 0.878. The summed E-state index contributed by atoms with van der Waals surface area (Å²) in [5.41, 5.74) is 3.69. The Morgan fingerprint density at radius 2 is 1.81 bits per heavy atom. The van der Waals surface area contributed by atoms with Crippen LogP contribution in [-0.2, 0) is 5.41 Å². The highest BCUT2D eigenvalue weighted by atomic mass is 16.5. The molecule has 0 atom stereocenters. The fourth-order valence-corrected chi connectivity index (χ4v) is 4.09. The third kappa shape index (κ3) is 2.83. The van der Waals surface area contributed by atoms with Gasteiger partial charge in [0.2, 0.25) is 0 Å². The first-order valence-corrected chi connectivity index (χ1v) is 8.33. The highest BCUT2D eigenvalue weighted by Crippen LogP contribution is 2.57. The molecule has 1 aliphatic carbocycles. The number of methoxy groups -OCH3 is 1. The second-order valence-electron chi connectivity index (χ2n) is 8.06. The second-order valence-corrected chi connectivity index (χ2v) is 8.06. The van der Waals surface area contributed by atoms with E-state index in [9.17, 15) is 0 Å². The minimum atomic E-state index is 0.206. The predicted molar refractivity (Wildman–Crippen MR) is 88.2 cm³/mol. The van der Waals surface area contributed by atoms with Crippen LogP contribution in [-0.4, -0.2) is 20.2 Å². The molecule has 0 aromatic heterocycles. The largest absolute Gasteiger partial charge is 0.496 e. The first-order chi connectivity index (χ1) is 9.93. The zero-order valence-corrected chi connectivity index (χ0v) is 14.0. The van der Waals surface area contributed by atoms with E-state index in [0.29, 0.717) is 11.3 Å². The van der Waals surface area contributed by atoms with E-state index in [1.807, 2.05) is 0 Å². The van der Waals surface area contributed by atoms with E-state index in [0.717, 1.165) is 5.75 Å². The van der Waals surface area contributed by atoms with E-state index in [1.165, 1.54) is 49.9 Å². The van der Waals surface area contributed by atoms with Gasteiger partial charge in [0.25, 0.3) is 0 Å². The van der Waals surface area contributed by atoms with Gasteiger partial charge in [0.05, 0.1) is 7.11 Å². The summed E-state index contributed by atoms with van der Waals surface area (Å²) in [6.07, 6.45) is 5.40. The molecule has 1 aliphatic heterocycles. The number of benzene rings is 1. The molecule has 1 heterocycles. The van der Waals surface area contributed by atoms with Gasteiger partial charge in [0.15, 0.2) is 0 Å². The van der Waals surface area contributed by atoms with Crippen LogP contribution in [0.25, 0.3) is 0 Å². The summed E-state index contributed by atoms with van der Waals surface area (Å²) < 4.78 is 5.63. The molecule has 2 fully saturated rings. The van der Waals surface area contributed by atoms with Crippen molar-refractivity contribution in [2.45, 2.75) is 57.8 Å². The molecule has 2 aliphatic rings. The van der Waals surface area contributed by atoms with Gasteiger partial charge in [0.1, 0.15) is 5.75 Å². The van der Waals surface area contributed by atoms with Crippen LogP contribution in [0.5, 0.6) is 5.75 Å². The smallest absolute Gasteiger partial charge is 0.122 e. The summed E-state index contributed by atoms with van der Waals surface area (Å²) in [6.45, 7) is 9.26. The molecular formula is C19H29NO. The predicted octanol–water partition coefficient (Wildman–Crippen LogP) is 4.24. The van der Waals surface area contributed by atoms with Crippen LogP contribution in [0.3, 0.4) is 0 Å². The molecule has 1 N–H and O–H groups in total. The zero-order chi connectivity index (χ0) is 15.1. The van der Waals surface area contributed by atoms with Gasteiger partial charge in [-0.3, -0.25) is 0 Å². The summed E-state index contributed by atoms with van der Waals surface area (Å²) in [7, 11) is 1.80.